The van der Waals surface area contributed by atoms with Crippen LogP contribution in [0.1, 0.15) is 23.2 Å². The van der Waals surface area contributed by atoms with E-state index >= 15 is 0 Å². The first kappa shape index (κ1) is 16.9. The van der Waals surface area contributed by atoms with E-state index in [9.17, 15) is 13.2 Å². The molecule has 1 aromatic carbocycles. The van der Waals surface area contributed by atoms with Gasteiger partial charge in [0, 0.05) is 24.4 Å². The average molecular weight is 319 g/mol. The normalized spacial score (nSPS) is 18.4. The molecule has 0 saturated carbocycles. The molecule has 1 aliphatic heterocycles. The highest BCUT2D eigenvalue weighted by molar-refractivity contribution is 7.90. The van der Waals surface area contributed by atoms with Crippen LogP contribution in [0.4, 0.5) is 0 Å². The quantitative estimate of drug-likeness (QED) is 0.868. The van der Waals surface area contributed by atoms with E-state index in [4.69, 9.17) is 0 Å². The van der Waals surface area contributed by atoms with Gasteiger partial charge in [0.2, 0.25) is 0 Å². The molecule has 1 aliphatic rings. The van der Waals surface area contributed by atoms with Crippen LogP contribution in [-0.4, -0.2) is 39.7 Å². The zero-order chi connectivity index (χ0) is 13.9. The van der Waals surface area contributed by atoms with Crippen LogP contribution < -0.4 is 10.6 Å². The first-order chi connectivity index (χ1) is 8.97. The van der Waals surface area contributed by atoms with Crippen LogP contribution in [0.2, 0.25) is 0 Å². The van der Waals surface area contributed by atoms with Crippen molar-refractivity contribution >= 4 is 28.2 Å². The number of hydrogen-bond donors (Lipinski definition) is 2. The van der Waals surface area contributed by atoms with Crippen LogP contribution in [0, 0.1) is 0 Å². The molecule has 5 nitrogen and oxygen atoms in total. The molecule has 0 bridgehead atoms. The van der Waals surface area contributed by atoms with E-state index in [0.29, 0.717) is 18.2 Å². The summed E-state index contributed by atoms with van der Waals surface area (Å²) in [6, 6.07) is 6.33. The Kier molecular flexibility index (Phi) is 5.98. The third-order valence-corrected chi connectivity index (χ3v) is 4.34. The fraction of sp³-hybridized carbons (Fsp3) is 0.462. The minimum Gasteiger partial charge on any atom is -0.350 e. The van der Waals surface area contributed by atoms with E-state index in [1.807, 2.05) is 0 Å². The molecule has 0 spiro atoms. The summed E-state index contributed by atoms with van der Waals surface area (Å²) in [5, 5.41) is 6.15. The molecule has 112 valence electrons. The summed E-state index contributed by atoms with van der Waals surface area (Å²) < 4.78 is 22.6. The van der Waals surface area contributed by atoms with Gasteiger partial charge in [-0.15, -0.1) is 12.4 Å². The van der Waals surface area contributed by atoms with E-state index in [0.717, 1.165) is 25.6 Å². The van der Waals surface area contributed by atoms with Gasteiger partial charge in [0.25, 0.3) is 5.91 Å². The maximum atomic E-state index is 11.9. The monoisotopic (exact) mass is 318 g/mol. The fourth-order valence-corrected chi connectivity index (χ4v) is 2.73. The maximum absolute atomic E-state index is 11.9. The number of rotatable bonds is 4. The van der Waals surface area contributed by atoms with Gasteiger partial charge in [-0.3, -0.25) is 4.79 Å². The van der Waals surface area contributed by atoms with E-state index in [1.165, 1.54) is 24.3 Å². The topological polar surface area (TPSA) is 75.3 Å². The molecule has 1 atom stereocenters. The number of carbonyl (C=O) groups is 1. The smallest absolute Gasteiger partial charge is 0.251 e. The molecule has 1 heterocycles. The second-order valence-electron chi connectivity index (χ2n) is 4.80. The highest BCUT2D eigenvalue weighted by Gasteiger charge is 2.15. The summed E-state index contributed by atoms with van der Waals surface area (Å²) in [4.78, 5) is 12.1. The zero-order valence-electron chi connectivity index (χ0n) is 11.3. The van der Waals surface area contributed by atoms with Crippen molar-refractivity contribution in [3.63, 3.8) is 0 Å². The van der Waals surface area contributed by atoms with Gasteiger partial charge >= 0.3 is 0 Å². The SMILES string of the molecule is CS(=O)(=O)c1ccc(C(=O)NCC2CCCN2)cc1.Cl. The molecule has 0 aliphatic carbocycles. The lowest BCUT2D eigenvalue weighted by atomic mass is 10.2. The average Bonchev–Trinajstić information content (AvgIpc) is 2.88. The van der Waals surface area contributed by atoms with Crippen molar-refractivity contribution in [1.29, 1.82) is 0 Å². The Labute approximate surface area is 125 Å². The number of hydrogen-bond acceptors (Lipinski definition) is 4. The molecule has 2 N–H and O–H groups in total. The highest BCUT2D eigenvalue weighted by atomic mass is 35.5. The van der Waals surface area contributed by atoms with Crippen LogP contribution in [0.15, 0.2) is 29.2 Å². The van der Waals surface area contributed by atoms with E-state index < -0.39 is 9.84 Å². The van der Waals surface area contributed by atoms with Crippen LogP contribution in [0.3, 0.4) is 0 Å². The molecular weight excluding hydrogens is 300 g/mol. The number of benzene rings is 1. The van der Waals surface area contributed by atoms with Gasteiger partial charge in [-0.2, -0.15) is 0 Å². The predicted octanol–water partition coefficient (Wildman–Crippen LogP) is 0.994. The molecule has 1 amide bonds. The third kappa shape index (κ3) is 4.47. The van der Waals surface area contributed by atoms with Crippen LogP contribution in [0.25, 0.3) is 0 Å². The Morgan fingerprint density at radius 2 is 2.00 bits per heavy atom. The van der Waals surface area contributed by atoms with Crippen molar-refractivity contribution in [3.8, 4) is 0 Å². The molecule has 1 unspecified atom stereocenters. The van der Waals surface area contributed by atoms with Gasteiger partial charge in [-0.05, 0) is 43.7 Å². The van der Waals surface area contributed by atoms with Crippen molar-refractivity contribution in [2.24, 2.45) is 0 Å². The second kappa shape index (κ2) is 7.06. The molecule has 2 rings (SSSR count). The molecular formula is C13H19ClN2O3S. The Balaban J connectivity index is 0.00000200. The minimum atomic E-state index is -3.21. The van der Waals surface area contributed by atoms with Gasteiger partial charge < -0.3 is 10.6 Å². The predicted molar refractivity (Wildman–Crippen MR) is 80.2 cm³/mol. The molecule has 7 heteroatoms. The first-order valence-corrected chi connectivity index (χ1v) is 8.17. The molecule has 20 heavy (non-hydrogen) atoms. The summed E-state index contributed by atoms with van der Waals surface area (Å²) in [5.41, 5.74) is 0.477. The summed E-state index contributed by atoms with van der Waals surface area (Å²) in [5.74, 6) is -0.172. The van der Waals surface area contributed by atoms with Crippen molar-refractivity contribution in [2.45, 2.75) is 23.8 Å². The molecule has 1 aromatic rings. The maximum Gasteiger partial charge on any atom is 0.251 e. The first-order valence-electron chi connectivity index (χ1n) is 6.28. The summed E-state index contributed by atoms with van der Waals surface area (Å²) >= 11 is 0. The Hall–Kier alpha value is -1.11. The summed E-state index contributed by atoms with van der Waals surface area (Å²) in [6.45, 7) is 1.61. The van der Waals surface area contributed by atoms with Crippen molar-refractivity contribution in [1.82, 2.24) is 10.6 Å². The van der Waals surface area contributed by atoms with Crippen molar-refractivity contribution in [2.75, 3.05) is 19.3 Å². The van der Waals surface area contributed by atoms with Gasteiger partial charge in [-0.25, -0.2) is 8.42 Å². The number of sulfone groups is 1. The van der Waals surface area contributed by atoms with E-state index in [1.54, 1.807) is 0 Å². The van der Waals surface area contributed by atoms with Crippen molar-refractivity contribution in [3.05, 3.63) is 29.8 Å². The Morgan fingerprint density at radius 1 is 1.35 bits per heavy atom. The van der Waals surface area contributed by atoms with Gasteiger partial charge in [0.1, 0.15) is 0 Å². The minimum absolute atomic E-state index is 0. The second-order valence-corrected chi connectivity index (χ2v) is 6.82. The number of halogens is 1. The van der Waals surface area contributed by atoms with Gasteiger partial charge in [0.05, 0.1) is 4.90 Å². The molecule has 0 aromatic heterocycles. The number of nitrogens with one attached hydrogen (secondary N) is 2. The Bertz CT molecular complexity index is 551. The van der Waals surface area contributed by atoms with Gasteiger partial charge in [-0.1, -0.05) is 0 Å². The Morgan fingerprint density at radius 3 is 2.50 bits per heavy atom. The summed E-state index contributed by atoms with van der Waals surface area (Å²) in [7, 11) is -3.21. The fourth-order valence-electron chi connectivity index (χ4n) is 2.10. The van der Waals surface area contributed by atoms with Crippen LogP contribution in [0.5, 0.6) is 0 Å². The van der Waals surface area contributed by atoms with Crippen molar-refractivity contribution < 1.29 is 13.2 Å². The van der Waals surface area contributed by atoms with E-state index in [-0.39, 0.29) is 23.2 Å². The highest BCUT2D eigenvalue weighted by Crippen LogP contribution is 2.10. The third-order valence-electron chi connectivity index (χ3n) is 3.22. The number of amides is 1. The van der Waals surface area contributed by atoms with Crippen LogP contribution in [-0.2, 0) is 9.84 Å². The summed E-state index contributed by atoms with van der Waals surface area (Å²) in [6.07, 6.45) is 3.37. The van der Waals surface area contributed by atoms with E-state index in [2.05, 4.69) is 10.6 Å². The molecule has 1 fully saturated rings. The zero-order valence-corrected chi connectivity index (χ0v) is 12.9. The standard InChI is InChI=1S/C13H18N2O3S.ClH/c1-19(17,18)12-6-4-10(5-7-12)13(16)15-9-11-3-2-8-14-11;/h4-7,11,14H,2-3,8-9H2,1H3,(H,15,16);1H. The number of carbonyl (C=O) groups excluding carboxylic acids is 1. The molecule has 0 radical (unpaired) electrons. The lowest BCUT2D eigenvalue weighted by Gasteiger charge is -2.11. The largest absolute Gasteiger partial charge is 0.350 e. The lowest BCUT2D eigenvalue weighted by Crippen LogP contribution is -2.37. The molecule has 1 saturated heterocycles. The van der Waals surface area contributed by atoms with Crippen LogP contribution >= 0.6 is 12.4 Å². The lowest BCUT2D eigenvalue weighted by molar-refractivity contribution is 0.0950. The van der Waals surface area contributed by atoms with Gasteiger partial charge in [0.15, 0.2) is 9.84 Å².